The van der Waals surface area contributed by atoms with Crippen molar-refractivity contribution in [3.8, 4) is 16.9 Å². The van der Waals surface area contributed by atoms with E-state index in [-0.39, 0.29) is 12.0 Å². The molecule has 2 aromatic heterocycles. The van der Waals surface area contributed by atoms with Gasteiger partial charge in [-0.05, 0) is 42.2 Å². The highest BCUT2D eigenvalue weighted by Crippen LogP contribution is 2.30. The molecule has 5 nitrogen and oxygen atoms in total. The van der Waals surface area contributed by atoms with Crippen LogP contribution in [0.4, 0.5) is 0 Å². The first-order valence-corrected chi connectivity index (χ1v) is 11.1. The fraction of sp³-hybridized carbons (Fsp3) is 0.417. The molecule has 0 saturated carbocycles. The number of piperidine rings is 1. The Labute approximate surface area is 182 Å². The van der Waals surface area contributed by atoms with Gasteiger partial charge in [0.1, 0.15) is 22.7 Å². The minimum absolute atomic E-state index is 0.149. The first kappa shape index (κ1) is 20.7. The molecule has 1 amide bonds. The number of ether oxygens (including phenoxy) is 1. The van der Waals surface area contributed by atoms with Crippen molar-refractivity contribution in [1.82, 2.24) is 14.3 Å². The van der Waals surface area contributed by atoms with Crippen molar-refractivity contribution in [1.29, 1.82) is 0 Å². The lowest BCUT2D eigenvalue weighted by Gasteiger charge is -2.32. The topological polar surface area (TPSA) is 46.8 Å². The Morgan fingerprint density at radius 2 is 1.90 bits per heavy atom. The number of benzene rings is 1. The molecule has 0 spiro atoms. The van der Waals surface area contributed by atoms with Crippen LogP contribution in [-0.4, -0.2) is 39.4 Å². The number of fused-ring (bicyclic) bond motifs is 1. The molecule has 1 saturated heterocycles. The maximum absolute atomic E-state index is 12.3. The maximum atomic E-state index is 12.3. The van der Waals surface area contributed by atoms with Gasteiger partial charge >= 0.3 is 0 Å². The summed E-state index contributed by atoms with van der Waals surface area (Å²) in [5.74, 6) is 1.69. The number of hydrogen-bond acceptors (Lipinski definition) is 3. The molecule has 1 aromatic carbocycles. The molecule has 158 valence electrons. The van der Waals surface area contributed by atoms with Gasteiger partial charge in [0.15, 0.2) is 0 Å². The molecular weight excluding hydrogens is 398 g/mol. The summed E-state index contributed by atoms with van der Waals surface area (Å²) < 4.78 is 8.05. The SMILES string of the molecule is CC(C)CCC(=O)N1CCC(Oc2ccc(-c3ccc4nccn4c3Cl)cc2)CC1. The summed E-state index contributed by atoms with van der Waals surface area (Å²) in [5, 5.41) is 0.646. The Bertz CT molecular complexity index is 1000. The van der Waals surface area contributed by atoms with E-state index in [1.54, 1.807) is 6.20 Å². The van der Waals surface area contributed by atoms with E-state index in [0.29, 0.717) is 17.5 Å². The molecule has 3 aromatic rings. The van der Waals surface area contributed by atoms with Gasteiger partial charge in [0, 0.05) is 50.3 Å². The number of likely N-dealkylation sites (tertiary alicyclic amines) is 1. The van der Waals surface area contributed by atoms with Crippen molar-refractivity contribution in [2.75, 3.05) is 13.1 Å². The van der Waals surface area contributed by atoms with E-state index in [9.17, 15) is 4.79 Å². The Hall–Kier alpha value is -2.53. The number of imidazole rings is 1. The van der Waals surface area contributed by atoms with Crippen LogP contribution in [-0.2, 0) is 4.79 Å². The van der Waals surface area contributed by atoms with Crippen molar-refractivity contribution in [2.24, 2.45) is 5.92 Å². The molecule has 0 atom stereocenters. The second-order valence-electron chi connectivity index (χ2n) is 8.35. The zero-order chi connectivity index (χ0) is 21.1. The second kappa shape index (κ2) is 9.09. The molecule has 0 radical (unpaired) electrons. The first-order valence-electron chi connectivity index (χ1n) is 10.7. The van der Waals surface area contributed by atoms with E-state index >= 15 is 0 Å². The predicted molar refractivity (Wildman–Crippen MR) is 120 cm³/mol. The van der Waals surface area contributed by atoms with Crippen molar-refractivity contribution >= 4 is 23.2 Å². The molecule has 1 aliphatic rings. The summed E-state index contributed by atoms with van der Waals surface area (Å²) in [4.78, 5) is 18.5. The number of amides is 1. The van der Waals surface area contributed by atoms with Crippen LogP contribution in [0.2, 0.25) is 5.15 Å². The minimum Gasteiger partial charge on any atom is -0.490 e. The molecule has 1 fully saturated rings. The van der Waals surface area contributed by atoms with Gasteiger partial charge in [0.25, 0.3) is 0 Å². The number of hydrogen-bond donors (Lipinski definition) is 0. The third-order valence-electron chi connectivity index (χ3n) is 5.70. The second-order valence-corrected chi connectivity index (χ2v) is 8.71. The first-order chi connectivity index (χ1) is 14.5. The summed E-state index contributed by atoms with van der Waals surface area (Å²) in [6, 6.07) is 12.0. The quantitative estimate of drug-likeness (QED) is 0.492. The fourth-order valence-corrected chi connectivity index (χ4v) is 4.19. The predicted octanol–water partition coefficient (Wildman–Crippen LogP) is 5.46. The molecule has 0 aliphatic carbocycles. The molecule has 0 bridgehead atoms. The van der Waals surface area contributed by atoms with Crippen LogP contribution >= 0.6 is 11.6 Å². The molecule has 4 rings (SSSR count). The van der Waals surface area contributed by atoms with Gasteiger partial charge in [-0.15, -0.1) is 0 Å². The van der Waals surface area contributed by atoms with Gasteiger partial charge in [-0.3, -0.25) is 9.20 Å². The molecule has 1 aliphatic heterocycles. The van der Waals surface area contributed by atoms with Gasteiger partial charge in [-0.25, -0.2) is 4.98 Å². The van der Waals surface area contributed by atoms with E-state index in [1.807, 2.05) is 51.9 Å². The highest BCUT2D eigenvalue weighted by molar-refractivity contribution is 6.32. The smallest absolute Gasteiger partial charge is 0.222 e. The minimum atomic E-state index is 0.149. The Morgan fingerprint density at radius 3 is 2.60 bits per heavy atom. The van der Waals surface area contributed by atoms with Crippen molar-refractivity contribution in [3.05, 3.63) is 53.9 Å². The van der Waals surface area contributed by atoms with E-state index in [4.69, 9.17) is 16.3 Å². The van der Waals surface area contributed by atoms with Gasteiger partial charge < -0.3 is 9.64 Å². The number of carbonyl (C=O) groups is 1. The lowest BCUT2D eigenvalue weighted by atomic mass is 10.0. The standard InChI is InChI=1S/C24H28ClN3O2/c1-17(2)3-10-23(29)27-14-11-20(12-15-27)30-19-6-4-18(5-7-19)21-8-9-22-26-13-16-28(22)24(21)25/h4-9,13,16-17,20H,3,10-12,14-15H2,1-2H3. The lowest BCUT2D eigenvalue weighted by molar-refractivity contribution is -0.133. The van der Waals surface area contributed by atoms with Gasteiger partial charge in [0.05, 0.1) is 0 Å². The monoisotopic (exact) mass is 425 g/mol. The maximum Gasteiger partial charge on any atom is 0.222 e. The van der Waals surface area contributed by atoms with E-state index < -0.39 is 0 Å². The lowest BCUT2D eigenvalue weighted by Crippen LogP contribution is -2.41. The zero-order valence-corrected chi connectivity index (χ0v) is 18.3. The highest BCUT2D eigenvalue weighted by atomic mass is 35.5. The summed E-state index contributed by atoms with van der Waals surface area (Å²) in [5.41, 5.74) is 2.83. The Morgan fingerprint density at radius 1 is 1.17 bits per heavy atom. The average Bonchev–Trinajstić information content (AvgIpc) is 3.23. The molecular formula is C24H28ClN3O2. The van der Waals surface area contributed by atoms with Gasteiger partial charge in [-0.2, -0.15) is 0 Å². The van der Waals surface area contributed by atoms with Crippen molar-refractivity contribution in [3.63, 3.8) is 0 Å². The van der Waals surface area contributed by atoms with Crippen LogP contribution in [0.5, 0.6) is 5.75 Å². The summed E-state index contributed by atoms with van der Waals surface area (Å²) in [6.45, 7) is 5.87. The third-order valence-corrected chi connectivity index (χ3v) is 6.09. The number of pyridine rings is 1. The highest BCUT2D eigenvalue weighted by Gasteiger charge is 2.23. The fourth-order valence-electron chi connectivity index (χ4n) is 3.87. The van der Waals surface area contributed by atoms with Gasteiger partial charge in [0.2, 0.25) is 5.91 Å². The van der Waals surface area contributed by atoms with Crippen LogP contribution in [0, 0.1) is 5.92 Å². The molecule has 30 heavy (non-hydrogen) atoms. The summed E-state index contributed by atoms with van der Waals surface area (Å²) in [7, 11) is 0. The Balaban J connectivity index is 1.34. The van der Waals surface area contributed by atoms with Gasteiger partial charge in [-0.1, -0.05) is 37.6 Å². The number of carbonyl (C=O) groups excluding carboxylic acids is 1. The number of rotatable bonds is 6. The van der Waals surface area contributed by atoms with Crippen LogP contribution < -0.4 is 4.74 Å². The van der Waals surface area contributed by atoms with Crippen LogP contribution in [0.1, 0.15) is 39.5 Å². The Kier molecular flexibility index (Phi) is 6.28. The molecule has 3 heterocycles. The third kappa shape index (κ3) is 4.62. The van der Waals surface area contributed by atoms with Crippen molar-refractivity contribution in [2.45, 2.75) is 45.6 Å². The number of aromatic nitrogens is 2. The van der Waals surface area contributed by atoms with Crippen molar-refractivity contribution < 1.29 is 9.53 Å². The number of nitrogens with zero attached hydrogens (tertiary/aromatic N) is 3. The summed E-state index contributed by atoms with van der Waals surface area (Å²) in [6.07, 6.45) is 7.11. The zero-order valence-electron chi connectivity index (χ0n) is 17.6. The van der Waals surface area contributed by atoms with Crippen LogP contribution in [0.3, 0.4) is 0 Å². The van der Waals surface area contributed by atoms with E-state index in [2.05, 4.69) is 18.8 Å². The summed E-state index contributed by atoms with van der Waals surface area (Å²) >= 11 is 6.55. The number of halogens is 1. The van der Waals surface area contributed by atoms with E-state index in [1.165, 1.54) is 0 Å². The average molecular weight is 426 g/mol. The normalized spacial score (nSPS) is 15.1. The van der Waals surface area contributed by atoms with E-state index in [0.717, 1.165) is 54.9 Å². The molecule has 6 heteroatoms. The largest absolute Gasteiger partial charge is 0.490 e. The van der Waals surface area contributed by atoms with Crippen LogP contribution in [0.25, 0.3) is 16.8 Å². The molecule has 0 unspecified atom stereocenters. The van der Waals surface area contributed by atoms with Crippen LogP contribution in [0.15, 0.2) is 48.8 Å². The molecule has 0 N–H and O–H groups in total.